The molecule has 1 aromatic heterocycles. The second-order valence-corrected chi connectivity index (χ2v) is 5.84. The van der Waals surface area contributed by atoms with Crippen molar-refractivity contribution >= 4 is 33.5 Å². The van der Waals surface area contributed by atoms with E-state index >= 15 is 0 Å². The molecular formula is C16H19BrN4O. The zero-order valence-corrected chi connectivity index (χ0v) is 14.3. The van der Waals surface area contributed by atoms with Crippen LogP contribution in [0.25, 0.3) is 0 Å². The summed E-state index contributed by atoms with van der Waals surface area (Å²) in [5, 5.41) is 5.96. The second kappa shape index (κ2) is 7.89. The number of unbranched alkanes of at least 4 members (excludes halogenated alkanes) is 1. The lowest BCUT2D eigenvalue weighted by molar-refractivity contribution is 0.0948. The van der Waals surface area contributed by atoms with Gasteiger partial charge in [-0.05, 0) is 53.0 Å². The van der Waals surface area contributed by atoms with Crippen molar-refractivity contribution in [3.8, 4) is 0 Å². The predicted octanol–water partition coefficient (Wildman–Crippen LogP) is 3.82. The topological polar surface area (TPSA) is 66.9 Å². The summed E-state index contributed by atoms with van der Waals surface area (Å²) in [6.45, 7) is 4.76. The zero-order valence-electron chi connectivity index (χ0n) is 12.7. The summed E-state index contributed by atoms with van der Waals surface area (Å²) in [4.78, 5) is 20.4. The van der Waals surface area contributed by atoms with Crippen LogP contribution in [0.3, 0.4) is 0 Å². The average molecular weight is 363 g/mol. The molecule has 1 aromatic carbocycles. The SMILES string of the molecule is CCCCNC(=O)c1ccnc(Nc2ccc(C)cc2Br)n1. The maximum atomic E-state index is 12.0. The van der Waals surface area contributed by atoms with Gasteiger partial charge in [-0.3, -0.25) is 4.79 Å². The molecule has 0 radical (unpaired) electrons. The lowest BCUT2D eigenvalue weighted by Crippen LogP contribution is -2.25. The summed E-state index contributed by atoms with van der Waals surface area (Å²) in [6, 6.07) is 7.55. The van der Waals surface area contributed by atoms with Crippen LogP contribution in [0.15, 0.2) is 34.9 Å². The van der Waals surface area contributed by atoms with E-state index in [1.807, 2.05) is 25.1 Å². The Kier molecular flexibility index (Phi) is 5.89. The van der Waals surface area contributed by atoms with Gasteiger partial charge in [0.05, 0.1) is 5.69 Å². The highest BCUT2D eigenvalue weighted by Crippen LogP contribution is 2.25. The summed E-state index contributed by atoms with van der Waals surface area (Å²) in [7, 11) is 0. The Morgan fingerprint density at radius 1 is 1.32 bits per heavy atom. The third-order valence-electron chi connectivity index (χ3n) is 3.08. The second-order valence-electron chi connectivity index (χ2n) is 4.98. The minimum absolute atomic E-state index is 0.179. The number of amides is 1. The van der Waals surface area contributed by atoms with Crippen molar-refractivity contribution in [3.63, 3.8) is 0 Å². The van der Waals surface area contributed by atoms with Crippen LogP contribution in [-0.4, -0.2) is 22.4 Å². The van der Waals surface area contributed by atoms with E-state index in [9.17, 15) is 4.79 Å². The molecule has 1 amide bonds. The molecule has 0 atom stereocenters. The molecule has 0 aliphatic heterocycles. The van der Waals surface area contributed by atoms with Crippen LogP contribution in [-0.2, 0) is 0 Å². The number of halogens is 1. The van der Waals surface area contributed by atoms with Crippen LogP contribution < -0.4 is 10.6 Å². The van der Waals surface area contributed by atoms with E-state index in [-0.39, 0.29) is 5.91 Å². The molecule has 22 heavy (non-hydrogen) atoms. The Morgan fingerprint density at radius 3 is 2.86 bits per heavy atom. The van der Waals surface area contributed by atoms with Crippen LogP contribution in [0.4, 0.5) is 11.6 Å². The van der Waals surface area contributed by atoms with Crippen LogP contribution in [0.2, 0.25) is 0 Å². The van der Waals surface area contributed by atoms with Crippen molar-refractivity contribution in [1.82, 2.24) is 15.3 Å². The molecule has 0 bridgehead atoms. The molecule has 0 spiro atoms. The first-order chi connectivity index (χ1) is 10.6. The van der Waals surface area contributed by atoms with Gasteiger partial charge in [-0.1, -0.05) is 19.4 Å². The minimum Gasteiger partial charge on any atom is -0.351 e. The van der Waals surface area contributed by atoms with E-state index in [2.05, 4.69) is 43.5 Å². The number of nitrogens with zero attached hydrogens (tertiary/aromatic N) is 2. The number of benzene rings is 1. The summed E-state index contributed by atoms with van der Waals surface area (Å²) in [5.41, 5.74) is 2.37. The molecule has 116 valence electrons. The monoisotopic (exact) mass is 362 g/mol. The molecule has 2 N–H and O–H groups in total. The first kappa shape index (κ1) is 16.4. The van der Waals surface area contributed by atoms with Gasteiger partial charge in [0.1, 0.15) is 5.69 Å². The predicted molar refractivity (Wildman–Crippen MR) is 91.4 cm³/mol. The summed E-state index contributed by atoms with van der Waals surface area (Å²) >= 11 is 3.50. The van der Waals surface area contributed by atoms with Crippen molar-refractivity contribution in [2.45, 2.75) is 26.7 Å². The van der Waals surface area contributed by atoms with Crippen LogP contribution in [0, 0.1) is 6.92 Å². The number of carbonyl (C=O) groups is 1. The fourth-order valence-electron chi connectivity index (χ4n) is 1.86. The quantitative estimate of drug-likeness (QED) is 0.766. The van der Waals surface area contributed by atoms with Gasteiger partial charge in [-0.15, -0.1) is 0 Å². The molecule has 2 rings (SSSR count). The normalized spacial score (nSPS) is 10.3. The van der Waals surface area contributed by atoms with Gasteiger partial charge in [0.25, 0.3) is 5.91 Å². The third kappa shape index (κ3) is 4.53. The molecule has 0 saturated heterocycles. The molecule has 0 aliphatic carbocycles. The van der Waals surface area contributed by atoms with Crippen molar-refractivity contribution in [2.24, 2.45) is 0 Å². The maximum Gasteiger partial charge on any atom is 0.270 e. The fraction of sp³-hybridized carbons (Fsp3) is 0.312. The van der Waals surface area contributed by atoms with E-state index in [0.29, 0.717) is 18.2 Å². The molecule has 2 aromatic rings. The third-order valence-corrected chi connectivity index (χ3v) is 3.73. The zero-order chi connectivity index (χ0) is 15.9. The molecular weight excluding hydrogens is 344 g/mol. The van der Waals surface area contributed by atoms with Crippen LogP contribution >= 0.6 is 15.9 Å². The summed E-state index contributed by atoms with van der Waals surface area (Å²) in [5.74, 6) is 0.217. The molecule has 0 unspecified atom stereocenters. The summed E-state index contributed by atoms with van der Waals surface area (Å²) in [6.07, 6.45) is 3.57. The average Bonchev–Trinajstić information content (AvgIpc) is 2.50. The first-order valence-electron chi connectivity index (χ1n) is 7.24. The Hall–Kier alpha value is -1.95. The lowest BCUT2D eigenvalue weighted by Gasteiger charge is -2.09. The van der Waals surface area contributed by atoms with Crippen LogP contribution in [0.5, 0.6) is 0 Å². The number of anilines is 2. The fourth-order valence-corrected chi connectivity index (χ4v) is 2.45. The number of rotatable bonds is 6. The van der Waals surface area contributed by atoms with E-state index in [4.69, 9.17) is 0 Å². The molecule has 6 heteroatoms. The van der Waals surface area contributed by atoms with E-state index in [0.717, 1.165) is 28.6 Å². The first-order valence-corrected chi connectivity index (χ1v) is 8.04. The molecule has 0 fully saturated rings. The maximum absolute atomic E-state index is 12.0. The number of nitrogens with one attached hydrogen (secondary N) is 2. The Balaban J connectivity index is 2.09. The smallest absolute Gasteiger partial charge is 0.270 e. The summed E-state index contributed by atoms with van der Waals surface area (Å²) < 4.78 is 0.925. The minimum atomic E-state index is -0.179. The highest BCUT2D eigenvalue weighted by molar-refractivity contribution is 9.10. The van der Waals surface area contributed by atoms with E-state index < -0.39 is 0 Å². The van der Waals surface area contributed by atoms with E-state index in [1.54, 1.807) is 12.3 Å². The standard InChI is InChI=1S/C16H19BrN4O/c1-3-4-8-18-15(22)14-7-9-19-16(21-14)20-13-6-5-11(2)10-12(13)17/h5-7,9-10H,3-4,8H2,1-2H3,(H,18,22)(H,19,20,21). The Bertz CT molecular complexity index is 660. The molecule has 1 heterocycles. The number of aromatic nitrogens is 2. The molecule has 0 saturated carbocycles. The van der Waals surface area contributed by atoms with Gasteiger partial charge in [0, 0.05) is 17.2 Å². The van der Waals surface area contributed by atoms with Gasteiger partial charge in [0.2, 0.25) is 5.95 Å². The van der Waals surface area contributed by atoms with E-state index in [1.165, 1.54) is 0 Å². The highest BCUT2D eigenvalue weighted by atomic mass is 79.9. The van der Waals surface area contributed by atoms with Gasteiger partial charge in [-0.25, -0.2) is 9.97 Å². The lowest BCUT2D eigenvalue weighted by atomic mass is 10.2. The van der Waals surface area contributed by atoms with Crippen molar-refractivity contribution in [3.05, 3.63) is 46.2 Å². The Morgan fingerprint density at radius 2 is 2.14 bits per heavy atom. The number of hydrogen-bond acceptors (Lipinski definition) is 4. The Labute approximate surface area is 138 Å². The number of carbonyl (C=O) groups excluding carboxylic acids is 1. The van der Waals surface area contributed by atoms with Crippen molar-refractivity contribution in [2.75, 3.05) is 11.9 Å². The van der Waals surface area contributed by atoms with Gasteiger partial charge in [0.15, 0.2) is 0 Å². The molecule has 0 aliphatic rings. The van der Waals surface area contributed by atoms with Gasteiger partial charge < -0.3 is 10.6 Å². The largest absolute Gasteiger partial charge is 0.351 e. The van der Waals surface area contributed by atoms with Crippen LogP contribution in [0.1, 0.15) is 35.8 Å². The van der Waals surface area contributed by atoms with Crippen molar-refractivity contribution in [1.29, 1.82) is 0 Å². The highest BCUT2D eigenvalue weighted by Gasteiger charge is 2.09. The number of aryl methyl sites for hydroxylation is 1. The van der Waals surface area contributed by atoms with Crippen molar-refractivity contribution < 1.29 is 4.79 Å². The number of hydrogen-bond donors (Lipinski definition) is 2. The van der Waals surface area contributed by atoms with Gasteiger partial charge in [-0.2, -0.15) is 0 Å². The molecule has 5 nitrogen and oxygen atoms in total. The van der Waals surface area contributed by atoms with Gasteiger partial charge >= 0.3 is 0 Å².